The molecule has 0 aliphatic carbocycles. The molecule has 1 unspecified atom stereocenters. The molecule has 0 aliphatic heterocycles. The first-order chi connectivity index (χ1) is 7.84. The van der Waals surface area contributed by atoms with Gasteiger partial charge in [-0.15, -0.1) is 4.72 Å². The number of nitrogens with one attached hydrogen (secondary N) is 1. The molecule has 1 N–H and O–H groups in total. The zero-order chi connectivity index (χ0) is 13.1. The minimum Gasteiger partial charge on any atom is -0.598 e. The van der Waals surface area contributed by atoms with Crippen LogP contribution in [0.4, 0.5) is 4.39 Å². The Morgan fingerprint density at radius 3 is 2.29 bits per heavy atom. The van der Waals surface area contributed by atoms with Crippen LogP contribution in [0, 0.1) is 0 Å². The third-order valence-electron chi connectivity index (χ3n) is 2.23. The Morgan fingerprint density at radius 1 is 1.35 bits per heavy atom. The molecule has 0 fully saturated rings. The van der Waals surface area contributed by atoms with E-state index in [1.54, 1.807) is 24.3 Å². The summed E-state index contributed by atoms with van der Waals surface area (Å²) < 4.78 is 27.2. The summed E-state index contributed by atoms with van der Waals surface area (Å²) in [6.45, 7) is 4.91. The van der Waals surface area contributed by atoms with E-state index in [1.807, 2.05) is 20.8 Å². The lowest BCUT2D eigenvalue weighted by atomic mass is 10.1. The highest BCUT2D eigenvalue weighted by Gasteiger charge is 2.29. The third-order valence-corrected chi connectivity index (χ3v) is 4.10. The molecule has 0 saturated carbocycles. The maximum absolute atomic E-state index is 13.0. The largest absolute Gasteiger partial charge is 0.598 e. The minimum atomic E-state index is -1.30. The molecule has 17 heavy (non-hydrogen) atoms. The molecule has 96 valence electrons. The van der Waals surface area contributed by atoms with E-state index in [1.165, 1.54) is 0 Å². The smallest absolute Gasteiger partial charge is 0.136 e. The molecule has 0 heterocycles. The zero-order valence-electron chi connectivity index (χ0n) is 10.2. The van der Waals surface area contributed by atoms with Crippen LogP contribution in [0.25, 0.3) is 0 Å². The molecule has 0 spiro atoms. The summed E-state index contributed by atoms with van der Waals surface area (Å²) in [5, 5.41) is 0.600. The molecule has 0 aliphatic rings. The quantitative estimate of drug-likeness (QED) is 0.856. The van der Waals surface area contributed by atoms with Crippen molar-refractivity contribution in [3.63, 3.8) is 0 Å². The Morgan fingerprint density at radius 2 is 1.88 bits per heavy atom. The average molecular weight is 278 g/mol. The predicted octanol–water partition coefficient (Wildman–Crippen LogP) is 3.40. The summed E-state index contributed by atoms with van der Waals surface area (Å²) in [4.78, 5) is 0. The van der Waals surface area contributed by atoms with Gasteiger partial charge >= 0.3 is 0 Å². The van der Waals surface area contributed by atoms with Gasteiger partial charge in [-0.3, -0.25) is 0 Å². The van der Waals surface area contributed by atoms with Crippen molar-refractivity contribution in [1.29, 1.82) is 0 Å². The molecule has 0 saturated heterocycles. The highest BCUT2D eigenvalue weighted by atomic mass is 35.5. The van der Waals surface area contributed by atoms with Crippen molar-refractivity contribution >= 4 is 23.0 Å². The number of alkyl halides is 1. The molecule has 1 rings (SSSR count). The van der Waals surface area contributed by atoms with Crippen molar-refractivity contribution in [2.24, 2.45) is 0 Å². The monoisotopic (exact) mass is 277 g/mol. The number of benzene rings is 1. The van der Waals surface area contributed by atoms with Gasteiger partial charge in [0.25, 0.3) is 0 Å². The first-order valence-corrected chi connectivity index (χ1v) is 6.87. The van der Waals surface area contributed by atoms with Crippen molar-refractivity contribution in [1.82, 2.24) is 4.72 Å². The Balaban J connectivity index is 2.75. The SMILES string of the molecule is CC(C)(C)[S@+]([O-])NC(CF)c1ccc(Cl)cc1. The molecular weight excluding hydrogens is 261 g/mol. The third kappa shape index (κ3) is 4.47. The van der Waals surface area contributed by atoms with Crippen LogP contribution in [0.1, 0.15) is 32.4 Å². The highest BCUT2D eigenvalue weighted by molar-refractivity contribution is 7.90. The van der Waals surface area contributed by atoms with Gasteiger partial charge in [-0.2, -0.15) is 0 Å². The van der Waals surface area contributed by atoms with Gasteiger partial charge in [0.2, 0.25) is 0 Å². The minimum absolute atomic E-state index is 0.417. The van der Waals surface area contributed by atoms with Gasteiger partial charge < -0.3 is 4.55 Å². The second-order valence-corrected chi connectivity index (χ2v) is 7.19. The van der Waals surface area contributed by atoms with Crippen molar-refractivity contribution in [3.8, 4) is 0 Å². The van der Waals surface area contributed by atoms with E-state index in [-0.39, 0.29) is 0 Å². The highest BCUT2D eigenvalue weighted by Crippen LogP contribution is 2.21. The van der Waals surface area contributed by atoms with E-state index in [0.717, 1.165) is 5.56 Å². The van der Waals surface area contributed by atoms with Crippen LogP contribution >= 0.6 is 11.6 Å². The van der Waals surface area contributed by atoms with Gasteiger partial charge in [0.05, 0.1) is 0 Å². The van der Waals surface area contributed by atoms with Crippen molar-refractivity contribution < 1.29 is 8.94 Å². The first kappa shape index (κ1) is 14.8. The Labute approximate surface area is 110 Å². The van der Waals surface area contributed by atoms with E-state index < -0.39 is 28.8 Å². The number of hydrogen-bond donors (Lipinski definition) is 1. The molecule has 1 aromatic carbocycles. The number of rotatable bonds is 4. The molecule has 2 nitrogen and oxygen atoms in total. The normalized spacial score (nSPS) is 15.6. The fraction of sp³-hybridized carbons (Fsp3) is 0.500. The van der Waals surface area contributed by atoms with Crippen molar-refractivity contribution in [2.75, 3.05) is 6.67 Å². The lowest BCUT2D eigenvalue weighted by Crippen LogP contribution is -2.41. The summed E-state index contributed by atoms with van der Waals surface area (Å²) in [6.07, 6.45) is 0. The second-order valence-electron chi connectivity index (χ2n) is 4.76. The van der Waals surface area contributed by atoms with Crippen LogP contribution in [0.5, 0.6) is 0 Å². The lowest BCUT2D eigenvalue weighted by molar-refractivity contribution is 0.410. The van der Waals surface area contributed by atoms with E-state index in [2.05, 4.69) is 4.72 Å². The standard InChI is InChI=1S/C12H17ClFNOS/c1-12(2,3)17(16)15-11(8-14)9-4-6-10(13)7-5-9/h4-7,11,15H,8H2,1-3H3/t11?,17-/m0/s1. The van der Waals surface area contributed by atoms with E-state index in [4.69, 9.17) is 11.6 Å². The first-order valence-electron chi connectivity index (χ1n) is 5.34. The lowest BCUT2D eigenvalue weighted by Gasteiger charge is -2.27. The predicted molar refractivity (Wildman–Crippen MR) is 71.2 cm³/mol. The maximum atomic E-state index is 13.0. The Hall–Kier alpha value is -0.290. The van der Waals surface area contributed by atoms with Gasteiger partial charge in [0, 0.05) is 16.4 Å². The average Bonchev–Trinajstić information content (AvgIpc) is 2.25. The van der Waals surface area contributed by atoms with Crippen LogP contribution in [0.3, 0.4) is 0 Å². The summed E-state index contributed by atoms with van der Waals surface area (Å²) >= 11 is 4.47. The van der Waals surface area contributed by atoms with Crippen molar-refractivity contribution in [2.45, 2.75) is 31.6 Å². The van der Waals surface area contributed by atoms with Gasteiger partial charge in [-0.25, -0.2) is 4.39 Å². The molecule has 0 bridgehead atoms. The van der Waals surface area contributed by atoms with Crippen LogP contribution in [-0.4, -0.2) is 16.0 Å². The fourth-order valence-electron chi connectivity index (χ4n) is 1.19. The van der Waals surface area contributed by atoms with Gasteiger partial charge in [0.15, 0.2) is 0 Å². The number of halogens is 2. The van der Waals surface area contributed by atoms with E-state index >= 15 is 0 Å². The fourth-order valence-corrected chi connectivity index (χ4v) is 2.13. The second kappa shape index (κ2) is 6.05. The zero-order valence-corrected chi connectivity index (χ0v) is 11.7. The Bertz CT molecular complexity index is 353. The number of hydrogen-bond acceptors (Lipinski definition) is 2. The molecule has 0 aromatic heterocycles. The van der Waals surface area contributed by atoms with Gasteiger partial charge in [-0.1, -0.05) is 23.7 Å². The molecular formula is C12H17ClFNOS. The topological polar surface area (TPSA) is 35.1 Å². The summed E-state index contributed by atoms with van der Waals surface area (Å²) in [5.41, 5.74) is 0.745. The van der Waals surface area contributed by atoms with Crippen molar-refractivity contribution in [3.05, 3.63) is 34.9 Å². The van der Waals surface area contributed by atoms with Crippen LogP contribution in [0.2, 0.25) is 5.02 Å². The van der Waals surface area contributed by atoms with Crippen LogP contribution in [-0.2, 0) is 11.4 Å². The summed E-state index contributed by atoms with van der Waals surface area (Å²) in [6, 6.07) is 6.30. The molecule has 5 heteroatoms. The van der Waals surface area contributed by atoms with Gasteiger partial charge in [0.1, 0.15) is 17.5 Å². The van der Waals surface area contributed by atoms with Crippen LogP contribution < -0.4 is 4.72 Å². The van der Waals surface area contributed by atoms with E-state index in [0.29, 0.717) is 5.02 Å². The summed E-state index contributed by atoms with van der Waals surface area (Å²) in [5.74, 6) is 0. The molecule has 2 atom stereocenters. The summed E-state index contributed by atoms with van der Waals surface area (Å²) in [7, 11) is 0. The van der Waals surface area contributed by atoms with E-state index in [9.17, 15) is 8.94 Å². The van der Waals surface area contributed by atoms with Crippen LogP contribution in [0.15, 0.2) is 24.3 Å². The molecule has 1 aromatic rings. The van der Waals surface area contributed by atoms with Gasteiger partial charge in [-0.05, 0) is 38.5 Å². The Kier molecular flexibility index (Phi) is 5.25. The molecule has 0 amide bonds. The maximum Gasteiger partial charge on any atom is 0.136 e. The molecule has 0 radical (unpaired) electrons.